The molecule has 0 aliphatic heterocycles. The molecule has 1 N–H and O–H groups in total. The fourth-order valence-electron chi connectivity index (χ4n) is 4.82. The predicted molar refractivity (Wildman–Crippen MR) is 80.3 cm³/mol. The van der Waals surface area contributed by atoms with Crippen molar-refractivity contribution in [1.29, 1.82) is 0 Å². The maximum atomic E-state index is 12.3. The van der Waals surface area contributed by atoms with Crippen LogP contribution in [0.25, 0.3) is 0 Å². The Morgan fingerprint density at radius 2 is 1.79 bits per heavy atom. The van der Waals surface area contributed by atoms with Crippen LogP contribution >= 0.6 is 27.3 Å². The smallest absolute Gasteiger partial charge is 0.261 e. The maximum Gasteiger partial charge on any atom is 0.261 e. The van der Waals surface area contributed by atoms with Crippen LogP contribution in [0.2, 0.25) is 0 Å². The number of carbonyl (C=O) groups excluding carboxylic acids is 1. The van der Waals surface area contributed by atoms with E-state index in [0.717, 1.165) is 33.0 Å². The Morgan fingerprint density at radius 3 is 2.32 bits per heavy atom. The third-order valence-electron chi connectivity index (χ3n) is 5.32. The Bertz CT molecular complexity index is 484. The van der Waals surface area contributed by atoms with Crippen LogP contribution < -0.4 is 5.32 Å². The second kappa shape index (κ2) is 4.59. The fraction of sp³-hybridized carbons (Fsp3) is 0.667. The molecule has 4 heteroatoms. The highest BCUT2D eigenvalue weighted by Crippen LogP contribution is 2.53. The summed E-state index contributed by atoms with van der Waals surface area (Å²) < 4.78 is 1.01. The van der Waals surface area contributed by atoms with Crippen LogP contribution in [-0.4, -0.2) is 11.9 Å². The molecule has 0 saturated heterocycles. The molecule has 0 unspecified atom stereocenters. The van der Waals surface area contributed by atoms with E-state index in [0.29, 0.717) is 6.04 Å². The average Bonchev–Trinajstić information content (AvgIpc) is 2.79. The summed E-state index contributed by atoms with van der Waals surface area (Å²) in [6.07, 6.45) is 6.88. The molecule has 4 saturated carbocycles. The second-order valence-electron chi connectivity index (χ2n) is 6.56. The van der Waals surface area contributed by atoms with E-state index in [2.05, 4.69) is 21.2 Å². The Morgan fingerprint density at radius 1 is 1.16 bits per heavy atom. The van der Waals surface area contributed by atoms with E-state index < -0.39 is 0 Å². The summed E-state index contributed by atoms with van der Waals surface area (Å²) in [6, 6.07) is 2.37. The summed E-state index contributed by atoms with van der Waals surface area (Å²) in [5, 5.41) is 5.32. The lowest BCUT2D eigenvalue weighted by Gasteiger charge is -2.54. The van der Waals surface area contributed by atoms with Crippen molar-refractivity contribution in [3.05, 3.63) is 20.8 Å². The summed E-state index contributed by atoms with van der Waals surface area (Å²) in [5.41, 5.74) is 0. The molecular formula is C15H18BrNOS. The Hall–Kier alpha value is -0.350. The number of hydrogen-bond acceptors (Lipinski definition) is 2. The minimum absolute atomic E-state index is 0.133. The van der Waals surface area contributed by atoms with E-state index in [9.17, 15) is 4.79 Å². The number of nitrogens with one attached hydrogen (secondary N) is 1. The summed E-state index contributed by atoms with van der Waals surface area (Å²) in [5.74, 6) is 3.57. The molecule has 0 atom stereocenters. The molecule has 0 aromatic carbocycles. The fourth-order valence-corrected chi connectivity index (χ4v) is 6.14. The molecule has 0 radical (unpaired) electrons. The first kappa shape index (κ1) is 12.4. The average molecular weight is 340 g/mol. The van der Waals surface area contributed by atoms with Crippen molar-refractivity contribution in [3.8, 4) is 0 Å². The van der Waals surface area contributed by atoms with Gasteiger partial charge in [-0.1, -0.05) is 0 Å². The quantitative estimate of drug-likeness (QED) is 0.864. The van der Waals surface area contributed by atoms with Gasteiger partial charge in [0.15, 0.2) is 0 Å². The first-order chi connectivity index (χ1) is 9.19. The lowest BCUT2D eigenvalue weighted by atomic mass is 9.54. The first-order valence-corrected chi connectivity index (χ1v) is 8.91. The van der Waals surface area contributed by atoms with Gasteiger partial charge in [-0.25, -0.2) is 0 Å². The number of amides is 1. The van der Waals surface area contributed by atoms with Crippen molar-refractivity contribution < 1.29 is 4.79 Å². The number of rotatable bonds is 2. The highest BCUT2D eigenvalue weighted by Gasteiger charge is 2.48. The van der Waals surface area contributed by atoms with Crippen molar-refractivity contribution in [3.63, 3.8) is 0 Å². The van der Waals surface area contributed by atoms with Crippen LogP contribution in [0, 0.1) is 23.7 Å². The first-order valence-electron chi connectivity index (χ1n) is 7.24. The van der Waals surface area contributed by atoms with E-state index in [1.807, 2.05) is 11.4 Å². The van der Waals surface area contributed by atoms with Crippen LogP contribution in [0.3, 0.4) is 0 Å². The van der Waals surface area contributed by atoms with E-state index in [4.69, 9.17) is 0 Å². The molecule has 1 aromatic rings. The van der Waals surface area contributed by atoms with Gasteiger partial charge in [-0.05, 0) is 77.8 Å². The van der Waals surface area contributed by atoms with Gasteiger partial charge in [0.05, 0.1) is 4.88 Å². The van der Waals surface area contributed by atoms with E-state index in [1.54, 1.807) is 0 Å². The zero-order valence-corrected chi connectivity index (χ0v) is 13.2. The predicted octanol–water partition coefficient (Wildman–Crippen LogP) is 4.07. The molecule has 4 aliphatic carbocycles. The third kappa shape index (κ3) is 2.17. The van der Waals surface area contributed by atoms with Gasteiger partial charge >= 0.3 is 0 Å². The number of carbonyl (C=O) groups is 1. The van der Waals surface area contributed by atoms with Crippen LogP contribution in [-0.2, 0) is 0 Å². The summed E-state index contributed by atoms with van der Waals surface area (Å²) >= 11 is 4.94. The van der Waals surface area contributed by atoms with Crippen molar-refractivity contribution in [2.45, 2.75) is 38.1 Å². The molecule has 19 heavy (non-hydrogen) atoms. The number of halogens is 1. The molecule has 1 amide bonds. The Balaban J connectivity index is 1.49. The van der Waals surface area contributed by atoms with Gasteiger partial charge in [0.2, 0.25) is 0 Å². The molecule has 4 bridgehead atoms. The Kier molecular flexibility index (Phi) is 2.99. The SMILES string of the molecule is O=C(NC1C2CC3CC(C2)CC1C3)c1cc(Br)cs1. The van der Waals surface area contributed by atoms with Crippen LogP contribution in [0.1, 0.15) is 41.8 Å². The summed E-state index contributed by atoms with van der Waals surface area (Å²) in [7, 11) is 0. The normalized spacial score (nSPS) is 39.5. The van der Waals surface area contributed by atoms with Gasteiger partial charge in [0, 0.05) is 15.9 Å². The summed E-state index contributed by atoms with van der Waals surface area (Å²) in [4.78, 5) is 13.2. The van der Waals surface area contributed by atoms with E-state index >= 15 is 0 Å². The maximum absolute atomic E-state index is 12.3. The zero-order valence-electron chi connectivity index (χ0n) is 10.8. The molecule has 0 spiro atoms. The molecule has 5 rings (SSSR count). The molecule has 1 heterocycles. The van der Waals surface area contributed by atoms with Gasteiger partial charge in [-0.2, -0.15) is 0 Å². The molecular weight excluding hydrogens is 322 g/mol. The number of hydrogen-bond donors (Lipinski definition) is 1. The molecule has 1 aromatic heterocycles. The molecule has 102 valence electrons. The van der Waals surface area contributed by atoms with E-state index in [-0.39, 0.29) is 5.91 Å². The molecule has 2 nitrogen and oxygen atoms in total. The highest BCUT2D eigenvalue weighted by molar-refractivity contribution is 9.10. The topological polar surface area (TPSA) is 29.1 Å². The Labute approximate surface area is 126 Å². The summed E-state index contributed by atoms with van der Waals surface area (Å²) in [6.45, 7) is 0. The minimum Gasteiger partial charge on any atom is -0.348 e. The lowest BCUT2D eigenvalue weighted by molar-refractivity contribution is -0.0119. The number of thiophene rings is 1. The van der Waals surface area contributed by atoms with Crippen LogP contribution in [0.5, 0.6) is 0 Å². The molecule has 4 fully saturated rings. The zero-order chi connectivity index (χ0) is 13.0. The van der Waals surface area contributed by atoms with Crippen molar-refractivity contribution in [2.24, 2.45) is 23.7 Å². The van der Waals surface area contributed by atoms with Crippen molar-refractivity contribution in [2.75, 3.05) is 0 Å². The van der Waals surface area contributed by atoms with Crippen molar-refractivity contribution in [1.82, 2.24) is 5.32 Å². The second-order valence-corrected chi connectivity index (χ2v) is 8.39. The monoisotopic (exact) mass is 339 g/mol. The van der Waals surface area contributed by atoms with E-state index in [1.165, 1.54) is 43.4 Å². The molecule has 4 aliphatic rings. The third-order valence-corrected chi connectivity index (χ3v) is 7.01. The van der Waals surface area contributed by atoms with Gasteiger partial charge in [-0.3, -0.25) is 4.79 Å². The van der Waals surface area contributed by atoms with Gasteiger partial charge in [0.1, 0.15) is 0 Å². The highest BCUT2D eigenvalue weighted by atomic mass is 79.9. The van der Waals surface area contributed by atoms with Crippen molar-refractivity contribution >= 4 is 33.2 Å². The standard InChI is InChI=1S/C15H18BrNOS/c16-12-6-13(19-7-12)15(18)17-14-10-2-8-1-9(4-10)5-11(14)3-8/h6-11,14H,1-5H2,(H,17,18). The minimum atomic E-state index is 0.133. The van der Waals surface area contributed by atoms with Gasteiger partial charge in [0.25, 0.3) is 5.91 Å². The largest absolute Gasteiger partial charge is 0.348 e. The van der Waals surface area contributed by atoms with Crippen LogP contribution in [0.15, 0.2) is 15.9 Å². The van der Waals surface area contributed by atoms with Crippen LogP contribution in [0.4, 0.5) is 0 Å². The van der Waals surface area contributed by atoms with Gasteiger partial charge < -0.3 is 5.32 Å². The lowest BCUT2D eigenvalue weighted by Crippen LogP contribution is -2.55. The van der Waals surface area contributed by atoms with Gasteiger partial charge in [-0.15, -0.1) is 11.3 Å².